The molecule has 3 aromatic rings. The van der Waals surface area contributed by atoms with Crippen LogP contribution >= 0.6 is 0 Å². The number of hydrogen-bond donors (Lipinski definition) is 2. The summed E-state index contributed by atoms with van der Waals surface area (Å²) < 4.78 is 1.44. The Kier molecular flexibility index (Phi) is 5.84. The maximum Gasteiger partial charge on any atom is 0.261 e. The molecule has 2 amide bonds. The minimum absolute atomic E-state index is 0.136. The Labute approximate surface area is 162 Å². The van der Waals surface area contributed by atoms with Crippen LogP contribution < -0.4 is 16.2 Å². The number of carbonyl (C=O) groups excluding carboxylic acids is 2. The first kappa shape index (κ1) is 19.3. The van der Waals surface area contributed by atoms with Gasteiger partial charge in [-0.25, -0.2) is 4.98 Å². The lowest BCUT2D eigenvalue weighted by Crippen LogP contribution is -2.24. The lowest BCUT2D eigenvalue weighted by Gasteiger charge is -2.09. The molecule has 144 valence electrons. The maximum atomic E-state index is 12.6. The number of rotatable bonds is 6. The average molecular weight is 378 g/mol. The van der Waals surface area contributed by atoms with E-state index in [4.69, 9.17) is 0 Å². The molecular formula is C21H22N4O3. The van der Waals surface area contributed by atoms with E-state index < -0.39 is 0 Å². The molecule has 7 nitrogen and oxygen atoms in total. The molecule has 0 saturated heterocycles. The Hall–Kier alpha value is -3.48. The monoisotopic (exact) mass is 378 g/mol. The number of carbonyl (C=O) groups is 2. The highest BCUT2D eigenvalue weighted by molar-refractivity contribution is 5.95. The van der Waals surface area contributed by atoms with Crippen molar-refractivity contribution in [3.63, 3.8) is 0 Å². The van der Waals surface area contributed by atoms with Crippen LogP contribution in [0.15, 0.2) is 53.6 Å². The molecule has 2 N–H and O–H groups in total. The molecule has 0 aliphatic heterocycles. The van der Waals surface area contributed by atoms with Gasteiger partial charge in [0.25, 0.3) is 11.5 Å². The third-order valence-electron chi connectivity index (χ3n) is 4.40. The van der Waals surface area contributed by atoms with E-state index in [1.807, 2.05) is 26.0 Å². The third-order valence-corrected chi connectivity index (χ3v) is 4.40. The van der Waals surface area contributed by atoms with Crippen LogP contribution in [0.1, 0.15) is 29.3 Å². The molecular weight excluding hydrogens is 356 g/mol. The number of amides is 2. The summed E-state index contributed by atoms with van der Waals surface area (Å²) in [5.74, 6) is -0.374. The topological polar surface area (TPSA) is 93.1 Å². The summed E-state index contributed by atoms with van der Waals surface area (Å²) in [5.41, 5.74) is 2.59. The highest BCUT2D eigenvalue weighted by Crippen LogP contribution is 2.12. The van der Waals surface area contributed by atoms with E-state index in [1.54, 1.807) is 30.3 Å². The van der Waals surface area contributed by atoms with Crippen LogP contribution in [0.2, 0.25) is 0 Å². The van der Waals surface area contributed by atoms with Crippen LogP contribution in [0.4, 0.5) is 5.69 Å². The Balaban J connectivity index is 1.63. The number of benzene rings is 2. The quantitative estimate of drug-likeness (QED) is 0.689. The first-order valence-corrected chi connectivity index (χ1v) is 9.12. The van der Waals surface area contributed by atoms with Gasteiger partial charge in [-0.3, -0.25) is 19.0 Å². The predicted molar refractivity (Wildman–Crippen MR) is 108 cm³/mol. The van der Waals surface area contributed by atoms with Crippen molar-refractivity contribution in [2.45, 2.75) is 26.8 Å². The van der Waals surface area contributed by atoms with Crippen LogP contribution in [0.3, 0.4) is 0 Å². The summed E-state index contributed by atoms with van der Waals surface area (Å²) in [6.07, 6.45) is 1.61. The second-order valence-electron chi connectivity index (χ2n) is 6.45. The fourth-order valence-corrected chi connectivity index (χ4v) is 2.91. The van der Waals surface area contributed by atoms with Crippen LogP contribution in [0.25, 0.3) is 10.9 Å². The largest absolute Gasteiger partial charge is 0.352 e. The van der Waals surface area contributed by atoms with Gasteiger partial charge in [-0.1, -0.05) is 12.1 Å². The molecule has 1 heterocycles. The molecule has 0 spiro atoms. The fraction of sp³-hybridized carbons (Fsp3) is 0.238. The lowest BCUT2D eigenvalue weighted by atomic mass is 10.1. The summed E-state index contributed by atoms with van der Waals surface area (Å²) in [4.78, 5) is 40.9. The zero-order valence-corrected chi connectivity index (χ0v) is 15.9. The van der Waals surface area contributed by atoms with Crippen molar-refractivity contribution in [1.29, 1.82) is 0 Å². The van der Waals surface area contributed by atoms with Gasteiger partial charge < -0.3 is 10.6 Å². The molecule has 1 aromatic heterocycles. The Morgan fingerprint density at radius 1 is 1.11 bits per heavy atom. The third kappa shape index (κ3) is 4.25. The second-order valence-corrected chi connectivity index (χ2v) is 6.45. The molecule has 28 heavy (non-hydrogen) atoms. The fourth-order valence-electron chi connectivity index (χ4n) is 2.91. The smallest absolute Gasteiger partial charge is 0.261 e. The number of aryl methyl sites for hydroxylation is 2. The molecule has 0 bridgehead atoms. The van der Waals surface area contributed by atoms with Gasteiger partial charge in [-0.15, -0.1) is 0 Å². The first-order chi connectivity index (χ1) is 13.5. The van der Waals surface area contributed by atoms with Crippen LogP contribution in [0, 0.1) is 6.92 Å². The number of para-hydroxylation sites is 1. The molecule has 0 radical (unpaired) electrons. The van der Waals surface area contributed by atoms with Gasteiger partial charge in [-0.05, 0) is 49.7 Å². The number of hydrogen-bond acceptors (Lipinski definition) is 4. The van der Waals surface area contributed by atoms with Crippen molar-refractivity contribution < 1.29 is 9.59 Å². The summed E-state index contributed by atoms with van der Waals surface area (Å²) in [6, 6.07) is 12.1. The van der Waals surface area contributed by atoms with E-state index in [-0.39, 0.29) is 30.3 Å². The minimum atomic E-state index is -0.220. The van der Waals surface area contributed by atoms with Crippen molar-refractivity contribution in [3.05, 3.63) is 70.3 Å². The molecule has 0 fully saturated rings. The zero-order valence-electron chi connectivity index (χ0n) is 15.9. The Morgan fingerprint density at radius 3 is 2.57 bits per heavy atom. The van der Waals surface area contributed by atoms with E-state index in [0.29, 0.717) is 28.7 Å². The minimum Gasteiger partial charge on any atom is -0.352 e. The Bertz CT molecular complexity index is 1070. The highest BCUT2D eigenvalue weighted by atomic mass is 16.2. The standard InChI is InChI=1S/C21H22N4O3/c1-3-22-20(27)15-7-9-16(10-8-15)24-18(26)11-12-25-13-23-19-14(2)5-4-6-17(19)21(25)28/h4-10,13H,3,11-12H2,1-2H3,(H,22,27)(H,24,26). The molecule has 7 heteroatoms. The first-order valence-electron chi connectivity index (χ1n) is 9.12. The van der Waals surface area contributed by atoms with Crippen LogP contribution in [0.5, 0.6) is 0 Å². The summed E-state index contributed by atoms with van der Waals surface area (Å²) in [6.45, 7) is 4.55. The zero-order chi connectivity index (χ0) is 20.1. The number of fused-ring (bicyclic) bond motifs is 1. The summed E-state index contributed by atoms with van der Waals surface area (Å²) in [7, 11) is 0. The van der Waals surface area contributed by atoms with Crippen molar-refractivity contribution in [2.24, 2.45) is 0 Å². The predicted octanol–water partition coefficient (Wildman–Crippen LogP) is 2.48. The summed E-state index contributed by atoms with van der Waals surface area (Å²) >= 11 is 0. The van der Waals surface area contributed by atoms with Crippen molar-refractivity contribution in [3.8, 4) is 0 Å². The molecule has 2 aromatic carbocycles. The van der Waals surface area contributed by atoms with Gasteiger partial charge in [0, 0.05) is 30.8 Å². The maximum absolute atomic E-state index is 12.6. The number of nitrogens with one attached hydrogen (secondary N) is 2. The normalized spacial score (nSPS) is 10.6. The van der Waals surface area contributed by atoms with E-state index in [2.05, 4.69) is 15.6 Å². The number of anilines is 1. The van der Waals surface area contributed by atoms with Gasteiger partial charge >= 0.3 is 0 Å². The van der Waals surface area contributed by atoms with Crippen LogP contribution in [-0.4, -0.2) is 27.9 Å². The van der Waals surface area contributed by atoms with Gasteiger partial charge in [0.05, 0.1) is 17.2 Å². The molecule has 0 saturated carbocycles. The van der Waals surface area contributed by atoms with Gasteiger partial charge in [0.15, 0.2) is 0 Å². The van der Waals surface area contributed by atoms with E-state index in [0.717, 1.165) is 5.56 Å². The van der Waals surface area contributed by atoms with Crippen molar-refractivity contribution in [2.75, 3.05) is 11.9 Å². The number of nitrogens with zero attached hydrogens (tertiary/aromatic N) is 2. The van der Waals surface area contributed by atoms with Crippen molar-refractivity contribution in [1.82, 2.24) is 14.9 Å². The van der Waals surface area contributed by atoms with Crippen molar-refractivity contribution >= 4 is 28.4 Å². The Morgan fingerprint density at radius 2 is 1.86 bits per heavy atom. The van der Waals surface area contributed by atoms with Gasteiger partial charge in [0.1, 0.15) is 0 Å². The highest BCUT2D eigenvalue weighted by Gasteiger charge is 2.09. The second kappa shape index (κ2) is 8.47. The average Bonchev–Trinajstić information content (AvgIpc) is 2.69. The van der Waals surface area contributed by atoms with Gasteiger partial charge in [-0.2, -0.15) is 0 Å². The number of aromatic nitrogens is 2. The molecule has 0 aliphatic carbocycles. The van der Waals surface area contributed by atoms with Gasteiger partial charge in [0.2, 0.25) is 5.91 Å². The van der Waals surface area contributed by atoms with E-state index >= 15 is 0 Å². The lowest BCUT2D eigenvalue weighted by molar-refractivity contribution is -0.116. The molecule has 0 aliphatic rings. The molecule has 0 atom stereocenters. The van der Waals surface area contributed by atoms with E-state index in [1.165, 1.54) is 10.9 Å². The summed E-state index contributed by atoms with van der Waals surface area (Å²) in [5, 5.41) is 6.03. The van der Waals surface area contributed by atoms with Crippen LogP contribution in [-0.2, 0) is 11.3 Å². The van der Waals surface area contributed by atoms with E-state index in [9.17, 15) is 14.4 Å². The molecule has 3 rings (SSSR count). The SMILES string of the molecule is CCNC(=O)c1ccc(NC(=O)CCn2cnc3c(C)cccc3c2=O)cc1. The molecule has 0 unspecified atom stereocenters.